The number of hydrogen-bond acceptors (Lipinski definition) is 6. The molecule has 2 heterocycles. The monoisotopic (exact) mass is 502 g/mol. The summed E-state index contributed by atoms with van der Waals surface area (Å²) in [5, 5.41) is 2.88. The van der Waals surface area contributed by atoms with Crippen molar-refractivity contribution in [1.29, 1.82) is 0 Å². The molecule has 196 valence electrons. The molecule has 0 atom stereocenters. The van der Waals surface area contributed by atoms with Crippen molar-refractivity contribution < 1.29 is 4.79 Å². The van der Waals surface area contributed by atoms with Crippen LogP contribution in [0.25, 0.3) is 5.70 Å². The number of anilines is 1. The van der Waals surface area contributed by atoms with Crippen molar-refractivity contribution in [1.82, 2.24) is 19.4 Å². The Bertz CT molecular complexity index is 1250. The lowest BCUT2D eigenvalue weighted by molar-refractivity contribution is 0.0827. The number of aliphatic imine (C=N–C) groups is 1. The Morgan fingerprint density at radius 3 is 2.49 bits per heavy atom. The second-order valence-corrected chi connectivity index (χ2v) is 9.58. The Labute approximate surface area is 219 Å². The van der Waals surface area contributed by atoms with Gasteiger partial charge in [-0.2, -0.15) is 0 Å². The number of carbonyl (C=O) groups is 1. The van der Waals surface area contributed by atoms with E-state index in [1.807, 2.05) is 18.2 Å². The third-order valence-electron chi connectivity index (χ3n) is 6.55. The molecular formula is C29H38N6O2. The number of benzene rings is 1. The third kappa shape index (κ3) is 7.36. The molecule has 1 amide bonds. The lowest BCUT2D eigenvalue weighted by atomic mass is 9.88. The van der Waals surface area contributed by atoms with Crippen LogP contribution in [0.5, 0.6) is 0 Å². The average molecular weight is 503 g/mol. The Balaban J connectivity index is 1.63. The first-order valence-electron chi connectivity index (χ1n) is 12.5. The van der Waals surface area contributed by atoms with E-state index in [0.717, 1.165) is 43.6 Å². The van der Waals surface area contributed by atoms with Gasteiger partial charge in [-0.25, -0.2) is 4.98 Å². The van der Waals surface area contributed by atoms with Crippen molar-refractivity contribution in [3.8, 4) is 0 Å². The van der Waals surface area contributed by atoms with Crippen LogP contribution in [0, 0.1) is 0 Å². The van der Waals surface area contributed by atoms with Gasteiger partial charge in [0.25, 0.3) is 11.5 Å². The smallest absolute Gasteiger partial charge is 0.259 e. The van der Waals surface area contributed by atoms with Gasteiger partial charge in [-0.3, -0.25) is 24.0 Å². The van der Waals surface area contributed by atoms with E-state index in [9.17, 15) is 9.59 Å². The highest BCUT2D eigenvalue weighted by Crippen LogP contribution is 2.29. The molecule has 1 saturated heterocycles. The zero-order valence-corrected chi connectivity index (χ0v) is 22.6. The van der Waals surface area contributed by atoms with Crippen LogP contribution in [0.2, 0.25) is 0 Å². The molecule has 37 heavy (non-hydrogen) atoms. The summed E-state index contributed by atoms with van der Waals surface area (Å²) in [6.07, 6.45) is 9.11. The van der Waals surface area contributed by atoms with Crippen LogP contribution in [-0.4, -0.2) is 79.3 Å². The van der Waals surface area contributed by atoms with Gasteiger partial charge in [0.15, 0.2) is 0 Å². The van der Waals surface area contributed by atoms with Gasteiger partial charge in [0.2, 0.25) is 0 Å². The van der Waals surface area contributed by atoms with Crippen LogP contribution in [0.1, 0.15) is 41.6 Å². The zero-order valence-electron chi connectivity index (χ0n) is 22.6. The van der Waals surface area contributed by atoms with Crippen molar-refractivity contribution in [2.24, 2.45) is 4.99 Å². The maximum Gasteiger partial charge on any atom is 0.259 e. The molecule has 8 nitrogen and oxygen atoms in total. The molecule has 1 aromatic carbocycles. The van der Waals surface area contributed by atoms with Gasteiger partial charge >= 0.3 is 0 Å². The summed E-state index contributed by atoms with van der Waals surface area (Å²) in [5.41, 5.74) is 4.36. The Hall–Kier alpha value is -3.78. The maximum absolute atomic E-state index is 12.6. The molecule has 1 N–H and O–H groups in total. The summed E-state index contributed by atoms with van der Waals surface area (Å²) in [7, 11) is 6.95. The third-order valence-corrected chi connectivity index (χ3v) is 6.55. The molecule has 3 rings (SSSR count). The highest BCUT2D eigenvalue weighted by atomic mass is 16.2. The van der Waals surface area contributed by atoms with Gasteiger partial charge in [0.05, 0.1) is 5.70 Å². The van der Waals surface area contributed by atoms with Crippen molar-refractivity contribution >= 4 is 23.6 Å². The van der Waals surface area contributed by atoms with Crippen molar-refractivity contribution in [2.75, 3.05) is 53.1 Å². The van der Waals surface area contributed by atoms with E-state index in [2.05, 4.69) is 45.8 Å². The van der Waals surface area contributed by atoms with E-state index >= 15 is 0 Å². The number of rotatable bonds is 9. The lowest BCUT2D eigenvalue weighted by Crippen LogP contribution is -2.34. The van der Waals surface area contributed by atoms with E-state index in [-0.39, 0.29) is 11.5 Å². The summed E-state index contributed by atoms with van der Waals surface area (Å²) < 4.78 is 1.48. The number of nitrogens with one attached hydrogen (secondary N) is 1. The maximum atomic E-state index is 12.6. The van der Waals surface area contributed by atoms with Crippen LogP contribution < -0.4 is 10.9 Å². The van der Waals surface area contributed by atoms with Crippen molar-refractivity contribution in [2.45, 2.75) is 25.7 Å². The number of nitrogens with zero attached hydrogens (tertiary/aromatic N) is 5. The van der Waals surface area contributed by atoms with Gasteiger partial charge in [0, 0.05) is 52.6 Å². The molecule has 0 spiro atoms. The molecule has 0 aliphatic carbocycles. The molecule has 0 unspecified atom stereocenters. The Morgan fingerprint density at radius 2 is 1.92 bits per heavy atom. The number of hydrogen-bond donors (Lipinski definition) is 1. The van der Waals surface area contributed by atoms with Gasteiger partial charge < -0.3 is 10.2 Å². The summed E-state index contributed by atoms with van der Waals surface area (Å²) in [4.78, 5) is 37.2. The first kappa shape index (κ1) is 27.8. The van der Waals surface area contributed by atoms with E-state index in [1.54, 1.807) is 45.4 Å². The number of carbonyl (C=O) groups excluding carboxylic acids is 1. The topological polar surface area (TPSA) is 82.8 Å². The second kappa shape index (κ2) is 13.0. The predicted molar refractivity (Wildman–Crippen MR) is 153 cm³/mol. The quantitative estimate of drug-likeness (QED) is 0.415. The molecule has 0 saturated carbocycles. The van der Waals surface area contributed by atoms with Crippen molar-refractivity contribution in [3.05, 3.63) is 88.0 Å². The number of amides is 1. The zero-order chi connectivity index (χ0) is 26.9. The summed E-state index contributed by atoms with van der Waals surface area (Å²) >= 11 is 0. The fourth-order valence-electron chi connectivity index (χ4n) is 4.56. The minimum Gasteiger partial charge on any atom is -0.373 e. The van der Waals surface area contributed by atoms with Crippen LogP contribution >= 0.6 is 0 Å². The molecule has 0 bridgehead atoms. The van der Waals surface area contributed by atoms with E-state index in [1.165, 1.54) is 28.1 Å². The van der Waals surface area contributed by atoms with E-state index in [0.29, 0.717) is 17.4 Å². The molecule has 1 aromatic heterocycles. The van der Waals surface area contributed by atoms with Crippen LogP contribution in [0.4, 0.5) is 5.82 Å². The van der Waals surface area contributed by atoms with E-state index < -0.39 is 0 Å². The molecule has 1 aliphatic heterocycles. The SMILES string of the molecule is C=C(/C=C(\C)CN1CCC(c2ccc(C(=O)N(C)C)cc2)CC1)/C(=C\C=NC)n1cnc(NC)cc1=O. The lowest BCUT2D eigenvalue weighted by Gasteiger charge is -2.32. The summed E-state index contributed by atoms with van der Waals surface area (Å²) in [5.74, 6) is 1.05. The molecule has 0 radical (unpaired) electrons. The van der Waals surface area contributed by atoms with Crippen molar-refractivity contribution in [3.63, 3.8) is 0 Å². The number of allylic oxidation sites excluding steroid dienone is 4. The van der Waals surface area contributed by atoms with Crippen LogP contribution in [0.3, 0.4) is 0 Å². The normalized spacial score (nSPS) is 15.7. The fourth-order valence-corrected chi connectivity index (χ4v) is 4.56. The molecule has 8 heteroatoms. The van der Waals surface area contributed by atoms with E-state index in [4.69, 9.17) is 0 Å². The van der Waals surface area contributed by atoms with Crippen LogP contribution in [0.15, 0.2) is 76.3 Å². The van der Waals surface area contributed by atoms with Gasteiger partial charge in [-0.1, -0.05) is 30.4 Å². The molecule has 2 aromatic rings. The summed E-state index contributed by atoms with van der Waals surface area (Å²) in [6.45, 7) is 9.16. The Morgan fingerprint density at radius 1 is 1.24 bits per heavy atom. The molecule has 1 aliphatic rings. The van der Waals surface area contributed by atoms with Gasteiger partial charge in [-0.15, -0.1) is 0 Å². The average Bonchev–Trinajstić information content (AvgIpc) is 2.89. The number of piperidine rings is 1. The number of aromatic nitrogens is 2. The van der Waals surface area contributed by atoms with Crippen LogP contribution in [-0.2, 0) is 0 Å². The highest BCUT2D eigenvalue weighted by molar-refractivity contribution is 5.93. The van der Waals surface area contributed by atoms with Gasteiger partial charge in [-0.05, 0) is 68.1 Å². The minimum absolute atomic E-state index is 0.0290. The standard InChI is InChI=1S/C29H38N6O2/c1-21(17-22(2)26(11-14-30-3)35-20-32-27(31-4)18-28(35)36)19-34-15-12-24(13-16-34)23-7-9-25(10-8-23)29(37)33(5)6/h7-11,14,17-18,20,24,31H,2,12-13,15-16,19H2,1,3-6H3/b21-17+,26-11+,30-14?. The number of likely N-dealkylation sites (tertiary alicyclic amines) is 1. The highest BCUT2D eigenvalue weighted by Gasteiger charge is 2.21. The fraction of sp³-hybridized carbons (Fsp3) is 0.379. The predicted octanol–water partition coefficient (Wildman–Crippen LogP) is 3.91. The first-order chi connectivity index (χ1) is 17.7. The molecular weight excluding hydrogens is 464 g/mol. The first-order valence-corrected chi connectivity index (χ1v) is 12.5. The Kier molecular flexibility index (Phi) is 9.74. The summed E-state index contributed by atoms with van der Waals surface area (Å²) in [6, 6.07) is 9.52. The largest absolute Gasteiger partial charge is 0.373 e. The molecule has 1 fully saturated rings. The second-order valence-electron chi connectivity index (χ2n) is 9.58. The minimum atomic E-state index is -0.191. The van der Waals surface area contributed by atoms with Gasteiger partial charge in [0.1, 0.15) is 12.1 Å².